The maximum atomic E-state index is 12.1. The van der Waals surface area contributed by atoms with Gasteiger partial charge in [-0.3, -0.25) is 9.59 Å². The minimum Gasteiger partial charge on any atom is -0.294 e. The molecule has 0 saturated heterocycles. The van der Waals surface area contributed by atoms with Gasteiger partial charge in [0.05, 0.1) is 0 Å². The average Bonchev–Trinajstić information content (AvgIpc) is 2.82. The summed E-state index contributed by atoms with van der Waals surface area (Å²) in [5.41, 5.74) is 3.41. The lowest BCUT2D eigenvalue weighted by Crippen LogP contribution is -2.01. The van der Waals surface area contributed by atoms with E-state index in [1.165, 1.54) is 16.5 Å². The van der Waals surface area contributed by atoms with Crippen LogP contribution in [0.4, 0.5) is 0 Å². The van der Waals surface area contributed by atoms with Gasteiger partial charge in [-0.1, -0.05) is 30.3 Å². The van der Waals surface area contributed by atoms with E-state index < -0.39 is 0 Å². The summed E-state index contributed by atoms with van der Waals surface area (Å²) in [6, 6.07) is 10.1. The molecular weight excluding hydrogens is 224 g/mol. The first-order chi connectivity index (χ1) is 8.81. The fraction of sp³-hybridized carbons (Fsp3) is 0.250. The molecule has 0 bridgehead atoms. The number of benzene rings is 2. The summed E-state index contributed by atoms with van der Waals surface area (Å²) in [5.74, 6) is 0.0361. The molecule has 0 heterocycles. The van der Waals surface area contributed by atoms with Crippen LogP contribution in [0.5, 0.6) is 0 Å². The number of ketones is 1. The molecule has 2 aromatic carbocycles. The zero-order chi connectivity index (χ0) is 12.5. The van der Waals surface area contributed by atoms with Crippen LogP contribution >= 0.6 is 0 Å². The summed E-state index contributed by atoms with van der Waals surface area (Å²) in [6.07, 6.45) is 4.34. The Morgan fingerprint density at radius 3 is 2.67 bits per heavy atom. The van der Waals surface area contributed by atoms with Gasteiger partial charge in [-0.2, -0.15) is 0 Å². The molecular formula is C16H13O2. The quantitative estimate of drug-likeness (QED) is 0.766. The van der Waals surface area contributed by atoms with E-state index in [1.807, 2.05) is 18.2 Å². The normalized spacial score (nSPS) is 12.9. The summed E-state index contributed by atoms with van der Waals surface area (Å²) in [4.78, 5) is 22.3. The number of carbonyl (C=O) groups is 1. The Kier molecular flexibility index (Phi) is 2.71. The van der Waals surface area contributed by atoms with Crippen LogP contribution in [-0.2, 0) is 17.6 Å². The second-order valence-corrected chi connectivity index (χ2v) is 4.68. The van der Waals surface area contributed by atoms with Crippen LogP contribution in [0, 0.1) is 0 Å². The van der Waals surface area contributed by atoms with Gasteiger partial charge in [0.2, 0.25) is 0 Å². The zero-order valence-electron chi connectivity index (χ0n) is 10.0. The van der Waals surface area contributed by atoms with Crippen molar-refractivity contribution in [3.8, 4) is 0 Å². The molecule has 1 radical (unpaired) electrons. The minimum absolute atomic E-state index is 0.0361. The number of rotatable bonds is 4. The Hall–Kier alpha value is -1.96. The number of Topliss-reactive ketones (excluding diaryl/α,β-unsaturated/α-hetero) is 1. The van der Waals surface area contributed by atoms with E-state index in [0.29, 0.717) is 0 Å². The maximum Gasteiger partial charge on any atom is 0.198 e. The van der Waals surface area contributed by atoms with Crippen LogP contribution in [0.15, 0.2) is 30.3 Å². The van der Waals surface area contributed by atoms with Crippen molar-refractivity contribution < 1.29 is 9.59 Å². The van der Waals surface area contributed by atoms with Gasteiger partial charge >= 0.3 is 0 Å². The highest BCUT2D eigenvalue weighted by atomic mass is 16.1. The monoisotopic (exact) mass is 237 g/mol. The Morgan fingerprint density at radius 1 is 1.11 bits per heavy atom. The third kappa shape index (κ3) is 1.65. The summed E-state index contributed by atoms with van der Waals surface area (Å²) in [5, 5.41) is 2.29. The Bertz CT molecular complexity index is 631. The standard InChI is InChI=1S/C16H13O2/c17-10-2-5-15(18)13-9-8-12-7-6-11-3-1-4-14(13)16(11)12/h1,3-4,8-9H,2,5-7H2. The Morgan fingerprint density at radius 2 is 1.89 bits per heavy atom. The molecule has 1 aliphatic carbocycles. The van der Waals surface area contributed by atoms with Crippen LogP contribution < -0.4 is 0 Å². The van der Waals surface area contributed by atoms with E-state index in [2.05, 4.69) is 12.1 Å². The van der Waals surface area contributed by atoms with Crippen LogP contribution in [0.3, 0.4) is 0 Å². The van der Waals surface area contributed by atoms with Crippen molar-refractivity contribution in [2.24, 2.45) is 0 Å². The molecule has 0 amide bonds. The molecule has 3 rings (SSSR count). The van der Waals surface area contributed by atoms with Crippen LogP contribution in [0.2, 0.25) is 0 Å². The zero-order valence-corrected chi connectivity index (χ0v) is 10.0. The first-order valence-electron chi connectivity index (χ1n) is 6.23. The van der Waals surface area contributed by atoms with Crippen LogP contribution in [-0.4, -0.2) is 12.1 Å². The van der Waals surface area contributed by atoms with Crippen LogP contribution in [0.1, 0.15) is 34.3 Å². The predicted octanol–water partition coefficient (Wildman–Crippen LogP) is 3.01. The van der Waals surface area contributed by atoms with Gasteiger partial charge in [0, 0.05) is 18.4 Å². The second-order valence-electron chi connectivity index (χ2n) is 4.68. The molecule has 0 N–H and O–H groups in total. The summed E-state index contributed by atoms with van der Waals surface area (Å²) in [6.45, 7) is 0. The van der Waals surface area contributed by atoms with Crippen molar-refractivity contribution in [1.82, 2.24) is 0 Å². The summed E-state index contributed by atoms with van der Waals surface area (Å²) in [7, 11) is 0. The molecule has 89 valence electrons. The molecule has 0 aromatic heterocycles. The fourth-order valence-electron chi connectivity index (χ4n) is 2.79. The van der Waals surface area contributed by atoms with Gasteiger partial charge in [0.1, 0.15) is 0 Å². The van der Waals surface area contributed by atoms with Crippen molar-refractivity contribution in [2.75, 3.05) is 0 Å². The molecule has 2 heteroatoms. The first-order valence-corrected chi connectivity index (χ1v) is 6.23. The third-order valence-corrected chi connectivity index (χ3v) is 3.63. The maximum absolute atomic E-state index is 12.1. The van der Waals surface area contributed by atoms with Crippen molar-refractivity contribution in [1.29, 1.82) is 0 Å². The Labute approximate surface area is 106 Å². The molecule has 0 aliphatic heterocycles. The molecule has 0 spiro atoms. The van der Waals surface area contributed by atoms with E-state index in [9.17, 15) is 9.59 Å². The summed E-state index contributed by atoms with van der Waals surface area (Å²) >= 11 is 0. The first kappa shape index (κ1) is 11.1. The summed E-state index contributed by atoms with van der Waals surface area (Å²) < 4.78 is 0. The smallest absolute Gasteiger partial charge is 0.198 e. The SMILES string of the molecule is O=[C]CCC(=O)c1ccc2c3c(cccc13)CC2. The van der Waals surface area contributed by atoms with Gasteiger partial charge in [-0.05, 0) is 34.7 Å². The Balaban J connectivity index is 2.14. The third-order valence-electron chi connectivity index (χ3n) is 3.63. The molecule has 0 unspecified atom stereocenters. The van der Waals surface area contributed by atoms with Crippen molar-refractivity contribution in [3.63, 3.8) is 0 Å². The highest BCUT2D eigenvalue weighted by Gasteiger charge is 2.18. The molecule has 1 aliphatic rings. The number of hydrogen-bond donors (Lipinski definition) is 0. The van der Waals surface area contributed by atoms with Gasteiger partial charge in [-0.15, -0.1) is 0 Å². The highest BCUT2D eigenvalue weighted by Crippen LogP contribution is 2.33. The minimum atomic E-state index is 0.0361. The lowest BCUT2D eigenvalue weighted by atomic mass is 9.96. The number of carbonyl (C=O) groups excluding carboxylic acids is 2. The van der Waals surface area contributed by atoms with E-state index in [0.717, 1.165) is 23.8 Å². The van der Waals surface area contributed by atoms with Crippen molar-refractivity contribution >= 4 is 22.8 Å². The van der Waals surface area contributed by atoms with Gasteiger partial charge < -0.3 is 0 Å². The van der Waals surface area contributed by atoms with Gasteiger partial charge in [0.15, 0.2) is 12.1 Å². The topological polar surface area (TPSA) is 34.1 Å². The molecule has 2 nitrogen and oxygen atoms in total. The highest BCUT2D eigenvalue weighted by molar-refractivity contribution is 6.10. The largest absolute Gasteiger partial charge is 0.294 e. The fourth-order valence-corrected chi connectivity index (χ4v) is 2.79. The molecule has 2 aromatic rings. The average molecular weight is 237 g/mol. The molecule has 0 atom stereocenters. The lowest BCUT2D eigenvalue weighted by molar-refractivity contribution is 0.0986. The molecule has 18 heavy (non-hydrogen) atoms. The molecule has 0 saturated carbocycles. The lowest BCUT2D eigenvalue weighted by Gasteiger charge is -2.07. The van der Waals surface area contributed by atoms with Gasteiger partial charge in [-0.25, -0.2) is 0 Å². The molecule has 0 fully saturated rings. The van der Waals surface area contributed by atoms with Crippen molar-refractivity contribution in [2.45, 2.75) is 25.7 Å². The van der Waals surface area contributed by atoms with Crippen molar-refractivity contribution in [3.05, 3.63) is 47.0 Å². The van der Waals surface area contributed by atoms with E-state index in [1.54, 1.807) is 6.29 Å². The second kappa shape index (κ2) is 4.37. The predicted molar refractivity (Wildman–Crippen MR) is 70.6 cm³/mol. The number of hydrogen-bond acceptors (Lipinski definition) is 2. The van der Waals surface area contributed by atoms with Gasteiger partial charge in [0.25, 0.3) is 0 Å². The van der Waals surface area contributed by atoms with E-state index in [4.69, 9.17) is 0 Å². The van der Waals surface area contributed by atoms with E-state index >= 15 is 0 Å². The van der Waals surface area contributed by atoms with Crippen LogP contribution in [0.25, 0.3) is 10.8 Å². The van der Waals surface area contributed by atoms with E-state index in [-0.39, 0.29) is 18.6 Å². The number of aryl methyl sites for hydroxylation is 2.